The topological polar surface area (TPSA) is 24.9 Å². The zero-order valence-electron chi connectivity index (χ0n) is 11.8. The molecule has 108 valence electrons. The molecular formula is C14H24N2S3. The highest BCUT2D eigenvalue weighted by atomic mass is 32.2. The van der Waals surface area contributed by atoms with E-state index in [9.17, 15) is 0 Å². The molecule has 2 heterocycles. The average Bonchev–Trinajstić information content (AvgIpc) is 2.96. The van der Waals surface area contributed by atoms with E-state index in [2.05, 4.69) is 47.7 Å². The van der Waals surface area contributed by atoms with Crippen molar-refractivity contribution in [3.05, 3.63) is 16.6 Å². The largest absolute Gasteiger partial charge is 0.312 e. The smallest absolute Gasteiger partial charge is 0.0794 e. The quantitative estimate of drug-likeness (QED) is 0.829. The van der Waals surface area contributed by atoms with E-state index < -0.39 is 0 Å². The van der Waals surface area contributed by atoms with Gasteiger partial charge in [0.25, 0.3) is 0 Å². The van der Waals surface area contributed by atoms with Crippen LogP contribution in [0.1, 0.15) is 31.6 Å². The normalized spacial score (nSPS) is 25.4. The van der Waals surface area contributed by atoms with Crippen molar-refractivity contribution in [3.63, 3.8) is 0 Å². The molecular weight excluding hydrogens is 292 g/mol. The summed E-state index contributed by atoms with van der Waals surface area (Å²) in [6, 6.07) is 0.600. The Morgan fingerprint density at radius 2 is 2.21 bits per heavy atom. The van der Waals surface area contributed by atoms with Crippen molar-refractivity contribution in [2.45, 2.75) is 49.7 Å². The van der Waals surface area contributed by atoms with Gasteiger partial charge in [-0.15, -0.1) is 11.3 Å². The molecule has 0 saturated carbocycles. The van der Waals surface area contributed by atoms with Crippen molar-refractivity contribution in [3.8, 4) is 0 Å². The first-order valence-electron chi connectivity index (χ1n) is 7.19. The molecule has 0 bridgehead atoms. The Hall–Kier alpha value is 0.290. The van der Waals surface area contributed by atoms with E-state index in [-0.39, 0.29) is 0 Å². The van der Waals surface area contributed by atoms with Gasteiger partial charge in [0.15, 0.2) is 0 Å². The summed E-state index contributed by atoms with van der Waals surface area (Å²) in [5.41, 5.74) is 1.95. The van der Waals surface area contributed by atoms with Crippen molar-refractivity contribution in [1.82, 2.24) is 10.3 Å². The molecule has 1 N–H and O–H groups in total. The summed E-state index contributed by atoms with van der Waals surface area (Å²) in [5, 5.41) is 5.34. The third-order valence-corrected chi connectivity index (χ3v) is 7.66. The Bertz CT molecular complexity index is 342. The Balaban J connectivity index is 2.01. The van der Waals surface area contributed by atoms with E-state index in [1.807, 2.05) is 11.7 Å². The Morgan fingerprint density at radius 1 is 1.37 bits per heavy atom. The molecule has 0 spiro atoms. The van der Waals surface area contributed by atoms with Crippen molar-refractivity contribution in [2.75, 3.05) is 18.1 Å². The van der Waals surface area contributed by atoms with E-state index in [1.54, 1.807) is 11.3 Å². The SMILES string of the molecule is CCCNC(Cc1cncs1)C1SCCSC1CC. The van der Waals surface area contributed by atoms with Crippen molar-refractivity contribution < 1.29 is 0 Å². The predicted molar refractivity (Wildman–Crippen MR) is 90.7 cm³/mol. The molecule has 0 amide bonds. The zero-order chi connectivity index (χ0) is 13.5. The number of hydrogen-bond donors (Lipinski definition) is 1. The molecule has 1 saturated heterocycles. The molecule has 19 heavy (non-hydrogen) atoms. The zero-order valence-corrected chi connectivity index (χ0v) is 14.3. The number of aromatic nitrogens is 1. The second-order valence-corrected chi connectivity index (χ2v) is 8.49. The van der Waals surface area contributed by atoms with Gasteiger partial charge in [0.2, 0.25) is 0 Å². The van der Waals surface area contributed by atoms with Crippen molar-refractivity contribution >= 4 is 34.9 Å². The highest BCUT2D eigenvalue weighted by molar-refractivity contribution is 8.07. The fourth-order valence-corrected chi connectivity index (χ4v) is 6.42. The molecule has 1 aliphatic rings. The Labute approximate surface area is 129 Å². The minimum Gasteiger partial charge on any atom is -0.312 e. The second-order valence-electron chi connectivity index (χ2n) is 4.89. The van der Waals surface area contributed by atoms with E-state index in [0.29, 0.717) is 6.04 Å². The lowest BCUT2D eigenvalue weighted by Gasteiger charge is -2.36. The maximum atomic E-state index is 4.22. The number of rotatable bonds is 7. The van der Waals surface area contributed by atoms with E-state index in [0.717, 1.165) is 23.5 Å². The van der Waals surface area contributed by atoms with Crippen LogP contribution >= 0.6 is 34.9 Å². The third kappa shape index (κ3) is 4.66. The fourth-order valence-electron chi connectivity index (χ4n) is 2.51. The van der Waals surface area contributed by atoms with Gasteiger partial charge < -0.3 is 5.32 Å². The predicted octanol–water partition coefficient (Wildman–Crippen LogP) is 3.68. The summed E-state index contributed by atoms with van der Waals surface area (Å²) in [7, 11) is 0. The molecule has 3 atom stereocenters. The van der Waals surface area contributed by atoms with Crippen LogP contribution in [0.3, 0.4) is 0 Å². The van der Waals surface area contributed by atoms with Crippen LogP contribution in [0.25, 0.3) is 0 Å². The van der Waals surface area contributed by atoms with Crippen LogP contribution in [0.5, 0.6) is 0 Å². The lowest BCUT2D eigenvalue weighted by atomic mass is 10.0. The lowest BCUT2D eigenvalue weighted by Crippen LogP contribution is -2.46. The van der Waals surface area contributed by atoms with Crippen molar-refractivity contribution in [1.29, 1.82) is 0 Å². The van der Waals surface area contributed by atoms with Crippen LogP contribution in [0, 0.1) is 0 Å². The van der Waals surface area contributed by atoms with E-state index in [4.69, 9.17) is 0 Å². The number of nitrogens with zero attached hydrogens (tertiary/aromatic N) is 1. The second kappa shape index (κ2) is 8.55. The van der Waals surface area contributed by atoms with Crippen LogP contribution < -0.4 is 5.32 Å². The van der Waals surface area contributed by atoms with Crippen LogP contribution in [-0.2, 0) is 6.42 Å². The summed E-state index contributed by atoms with van der Waals surface area (Å²) in [6.07, 6.45) is 5.67. The molecule has 1 aliphatic heterocycles. The highest BCUT2D eigenvalue weighted by Gasteiger charge is 2.31. The molecule has 1 aromatic heterocycles. The molecule has 1 aromatic rings. The van der Waals surface area contributed by atoms with Gasteiger partial charge in [-0.1, -0.05) is 13.8 Å². The Kier molecular flexibility index (Phi) is 7.05. The third-order valence-electron chi connectivity index (χ3n) is 3.45. The van der Waals surface area contributed by atoms with Gasteiger partial charge in [-0.05, 0) is 25.8 Å². The fraction of sp³-hybridized carbons (Fsp3) is 0.786. The van der Waals surface area contributed by atoms with E-state index >= 15 is 0 Å². The minimum atomic E-state index is 0.600. The number of thioether (sulfide) groups is 2. The molecule has 0 radical (unpaired) electrons. The first-order valence-corrected chi connectivity index (χ1v) is 10.2. The lowest BCUT2D eigenvalue weighted by molar-refractivity contribution is 0.479. The van der Waals surface area contributed by atoms with Crippen molar-refractivity contribution in [2.24, 2.45) is 0 Å². The number of nitrogens with one attached hydrogen (secondary N) is 1. The molecule has 5 heteroatoms. The maximum Gasteiger partial charge on any atom is 0.0794 e. The van der Waals surface area contributed by atoms with Crippen LogP contribution in [-0.4, -0.2) is 39.6 Å². The van der Waals surface area contributed by atoms with Crippen LogP contribution in [0.2, 0.25) is 0 Å². The van der Waals surface area contributed by atoms with Crippen LogP contribution in [0.15, 0.2) is 11.7 Å². The Morgan fingerprint density at radius 3 is 2.89 bits per heavy atom. The van der Waals surface area contributed by atoms with Gasteiger partial charge in [0.05, 0.1) is 5.51 Å². The molecule has 0 aromatic carbocycles. The maximum absolute atomic E-state index is 4.22. The molecule has 2 rings (SSSR count). The molecule has 0 aliphatic carbocycles. The summed E-state index contributed by atoms with van der Waals surface area (Å²) in [5.74, 6) is 2.62. The van der Waals surface area contributed by atoms with Gasteiger partial charge in [0, 0.05) is 39.1 Å². The first-order chi connectivity index (χ1) is 9.35. The first kappa shape index (κ1) is 15.7. The van der Waals surface area contributed by atoms with E-state index in [1.165, 1.54) is 29.2 Å². The molecule has 1 fully saturated rings. The monoisotopic (exact) mass is 316 g/mol. The van der Waals surface area contributed by atoms with Gasteiger partial charge in [-0.2, -0.15) is 23.5 Å². The summed E-state index contributed by atoms with van der Waals surface area (Å²) < 4.78 is 0. The molecule has 2 nitrogen and oxygen atoms in total. The number of thiazole rings is 1. The van der Waals surface area contributed by atoms with Crippen LogP contribution in [0.4, 0.5) is 0 Å². The van der Waals surface area contributed by atoms with Gasteiger partial charge >= 0.3 is 0 Å². The summed E-state index contributed by atoms with van der Waals surface area (Å²) >= 11 is 6.14. The molecule has 3 unspecified atom stereocenters. The van der Waals surface area contributed by atoms with Gasteiger partial charge in [0.1, 0.15) is 0 Å². The highest BCUT2D eigenvalue weighted by Crippen LogP contribution is 2.36. The minimum absolute atomic E-state index is 0.600. The summed E-state index contributed by atoms with van der Waals surface area (Å²) in [4.78, 5) is 5.63. The summed E-state index contributed by atoms with van der Waals surface area (Å²) in [6.45, 7) is 5.71. The van der Waals surface area contributed by atoms with Gasteiger partial charge in [-0.25, -0.2) is 0 Å². The standard InChI is InChI=1S/C14H24N2S3/c1-3-5-16-12(8-11-9-15-10-19-11)14-13(4-2)17-6-7-18-14/h9-10,12-14,16H,3-8H2,1-2H3. The number of hydrogen-bond acceptors (Lipinski definition) is 5. The van der Waals surface area contributed by atoms with Gasteiger partial charge in [-0.3, -0.25) is 4.98 Å². The average molecular weight is 317 g/mol.